The Balaban J connectivity index is 1.54. The number of amides is 1. The highest BCUT2D eigenvalue weighted by molar-refractivity contribution is 5.92. The monoisotopic (exact) mass is 352 g/mol. The number of carbonyl (C=O) groups excluding carboxylic acids is 1. The second kappa shape index (κ2) is 8.26. The molecule has 4 nitrogen and oxygen atoms in total. The van der Waals surface area contributed by atoms with Gasteiger partial charge < -0.3 is 15.0 Å². The number of rotatable bonds is 5. The molecular weight excluding hydrogens is 324 g/mol. The quantitative estimate of drug-likeness (QED) is 0.848. The zero-order valence-corrected chi connectivity index (χ0v) is 15.9. The van der Waals surface area contributed by atoms with Crippen LogP contribution in [-0.4, -0.2) is 25.1 Å². The fourth-order valence-corrected chi connectivity index (χ4v) is 3.58. The maximum atomic E-state index is 12.1. The fourth-order valence-electron chi connectivity index (χ4n) is 3.58. The van der Waals surface area contributed by atoms with Crippen molar-refractivity contribution in [1.82, 2.24) is 0 Å². The third-order valence-corrected chi connectivity index (χ3v) is 4.85. The number of piperidine rings is 1. The van der Waals surface area contributed by atoms with Crippen LogP contribution >= 0.6 is 0 Å². The van der Waals surface area contributed by atoms with Crippen molar-refractivity contribution < 1.29 is 9.53 Å². The van der Waals surface area contributed by atoms with Crippen molar-refractivity contribution in [2.45, 2.75) is 46.1 Å². The van der Waals surface area contributed by atoms with Crippen LogP contribution in [-0.2, 0) is 4.79 Å². The standard InChI is InChI=1S/C22H28N2O2/c1-16-12-17(2)14-21(13-16)26-15-22(25)23-19-7-9-20(10-8-19)24-11-5-4-6-18(24)3/h7-10,12-14,18H,4-6,11,15H2,1-3H3,(H,23,25)/t18-/m1/s1. The molecule has 1 aliphatic rings. The third kappa shape index (κ3) is 4.78. The van der Waals surface area contributed by atoms with Crippen LogP contribution < -0.4 is 15.0 Å². The van der Waals surface area contributed by atoms with E-state index in [4.69, 9.17) is 4.74 Å². The first kappa shape index (κ1) is 18.3. The predicted molar refractivity (Wildman–Crippen MR) is 107 cm³/mol. The van der Waals surface area contributed by atoms with Crippen molar-refractivity contribution in [2.24, 2.45) is 0 Å². The number of benzene rings is 2. The average molecular weight is 352 g/mol. The summed E-state index contributed by atoms with van der Waals surface area (Å²) in [6.07, 6.45) is 3.80. The molecule has 4 heteroatoms. The minimum atomic E-state index is -0.150. The summed E-state index contributed by atoms with van der Waals surface area (Å²) in [4.78, 5) is 14.6. The Bertz CT molecular complexity index is 735. The maximum Gasteiger partial charge on any atom is 0.262 e. The zero-order chi connectivity index (χ0) is 18.5. The van der Waals surface area contributed by atoms with Gasteiger partial charge in [0, 0.05) is 24.0 Å². The molecule has 0 saturated carbocycles. The summed E-state index contributed by atoms with van der Waals surface area (Å²) >= 11 is 0. The third-order valence-electron chi connectivity index (χ3n) is 4.85. The van der Waals surface area contributed by atoms with Gasteiger partial charge in [0.05, 0.1) is 0 Å². The molecule has 0 aromatic heterocycles. The maximum absolute atomic E-state index is 12.1. The molecule has 26 heavy (non-hydrogen) atoms. The van der Waals surface area contributed by atoms with E-state index in [0.717, 1.165) is 29.1 Å². The molecule has 0 spiro atoms. The molecule has 1 aliphatic heterocycles. The summed E-state index contributed by atoms with van der Waals surface area (Å²) in [5.74, 6) is 0.579. The van der Waals surface area contributed by atoms with E-state index in [1.807, 2.05) is 38.1 Å². The minimum absolute atomic E-state index is 0.00774. The van der Waals surface area contributed by atoms with Crippen LogP contribution in [0.15, 0.2) is 42.5 Å². The average Bonchev–Trinajstić information content (AvgIpc) is 2.60. The summed E-state index contributed by atoms with van der Waals surface area (Å²) in [7, 11) is 0. The number of ether oxygens (including phenoxy) is 1. The number of aryl methyl sites for hydroxylation is 2. The van der Waals surface area contributed by atoms with Crippen LogP contribution in [0.25, 0.3) is 0 Å². The van der Waals surface area contributed by atoms with Gasteiger partial charge in [0.15, 0.2) is 6.61 Å². The fraction of sp³-hybridized carbons (Fsp3) is 0.409. The van der Waals surface area contributed by atoms with Gasteiger partial charge in [-0.25, -0.2) is 0 Å². The molecule has 2 aromatic carbocycles. The van der Waals surface area contributed by atoms with Gasteiger partial charge in [-0.15, -0.1) is 0 Å². The molecule has 138 valence electrons. The van der Waals surface area contributed by atoms with Crippen molar-refractivity contribution in [2.75, 3.05) is 23.4 Å². The van der Waals surface area contributed by atoms with E-state index in [9.17, 15) is 4.79 Å². The van der Waals surface area contributed by atoms with E-state index < -0.39 is 0 Å². The highest BCUT2D eigenvalue weighted by Crippen LogP contribution is 2.25. The van der Waals surface area contributed by atoms with Crippen LogP contribution in [0.3, 0.4) is 0 Å². The first-order chi connectivity index (χ1) is 12.5. The summed E-state index contributed by atoms with van der Waals surface area (Å²) in [6, 6.07) is 14.6. The predicted octanol–water partition coefficient (Wildman–Crippen LogP) is 4.70. The van der Waals surface area contributed by atoms with Gasteiger partial charge in [-0.3, -0.25) is 4.79 Å². The number of nitrogens with zero attached hydrogens (tertiary/aromatic N) is 1. The van der Waals surface area contributed by atoms with Crippen LogP contribution in [0.5, 0.6) is 5.75 Å². The molecule has 2 aromatic rings. The molecule has 1 atom stereocenters. The van der Waals surface area contributed by atoms with E-state index >= 15 is 0 Å². The molecule has 1 heterocycles. The number of nitrogens with one attached hydrogen (secondary N) is 1. The molecule has 0 radical (unpaired) electrons. The Morgan fingerprint density at radius 1 is 1.12 bits per heavy atom. The van der Waals surface area contributed by atoms with Gasteiger partial charge in [0.2, 0.25) is 0 Å². The molecule has 1 fully saturated rings. The van der Waals surface area contributed by atoms with E-state index in [-0.39, 0.29) is 12.5 Å². The van der Waals surface area contributed by atoms with E-state index in [1.54, 1.807) is 0 Å². The topological polar surface area (TPSA) is 41.6 Å². The Hall–Kier alpha value is -2.49. The van der Waals surface area contributed by atoms with Gasteiger partial charge >= 0.3 is 0 Å². The molecule has 1 saturated heterocycles. The number of hydrogen-bond acceptors (Lipinski definition) is 3. The van der Waals surface area contributed by atoms with Crippen molar-refractivity contribution >= 4 is 17.3 Å². The lowest BCUT2D eigenvalue weighted by molar-refractivity contribution is -0.118. The molecule has 1 N–H and O–H groups in total. The smallest absolute Gasteiger partial charge is 0.262 e. The first-order valence-electron chi connectivity index (χ1n) is 9.39. The Morgan fingerprint density at radius 3 is 2.46 bits per heavy atom. The molecule has 0 unspecified atom stereocenters. The van der Waals surface area contributed by atoms with Crippen LogP contribution in [0.4, 0.5) is 11.4 Å². The Morgan fingerprint density at radius 2 is 1.81 bits per heavy atom. The highest BCUT2D eigenvalue weighted by Gasteiger charge is 2.18. The Kier molecular flexibility index (Phi) is 5.82. The molecule has 1 amide bonds. The lowest BCUT2D eigenvalue weighted by Gasteiger charge is -2.35. The SMILES string of the molecule is Cc1cc(C)cc(OCC(=O)Nc2ccc(N3CCCC[C@H]3C)cc2)c1. The van der Waals surface area contributed by atoms with Crippen molar-refractivity contribution in [3.63, 3.8) is 0 Å². The summed E-state index contributed by atoms with van der Waals surface area (Å²) in [6.45, 7) is 7.43. The van der Waals surface area contributed by atoms with Gasteiger partial charge in [0.25, 0.3) is 5.91 Å². The lowest BCUT2D eigenvalue weighted by Crippen LogP contribution is -2.37. The van der Waals surface area contributed by atoms with Gasteiger partial charge in [0.1, 0.15) is 5.75 Å². The summed E-state index contributed by atoms with van der Waals surface area (Å²) < 4.78 is 5.61. The first-order valence-corrected chi connectivity index (χ1v) is 9.39. The van der Waals surface area contributed by atoms with Gasteiger partial charge in [-0.1, -0.05) is 6.07 Å². The number of carbonyl (C=O) groups is 1. The van der Waals surface area contributed by atoms with Crippen LogP contribution in [0.1, 0.15) is 37.3 Å². The van der Waals surface area contributed by atoms with E-state index in [2.05, 4.69) is 35.3 Å². The van der Waals surface area contributed by atoms with Crippen LogP contribution in [0.2, 0.25) is 0 Å². The van der Waals surface area contributed by atoms with Crippen molar-refractivity contribution in [3.05, 3.63) is 53.6 Å². The van der Waals surface area contributed by atoms with Gasteiger partial charge in [-0.2, -0.15) is 0 Å². The lowest BCUT2D eigenvalue weighted by atomic mass is 10.0. The van der Waals surface area contributed by atoms with Crippen molar-refractivity contribution in [1.29, 1.82) is 0 Å². The second-order valence-electron chi connectivity index (χ2n) is 7.25. The summed E-state index contributed by atoms with van der Waals surface area (Å²) in [5.41, 5.74) is 4.28. The van der Waals surface area contributed by atoms with Crippen LogP contribution in [0, 0.1) is 13.8 Å². The molecule has 3 rings (SSSR count). The molecular formula is C22H28N2O2. The minimum Gasteiger partial charge on any atom is -0.484 e. The molecule has 0 aliphatic carbocycles. The number of hydrogen-bond donors (Lipinski definition) is 1. The van der Waals surface area contributed by atoms with E-state index in [0.29, 0.717) is 6.04 Å². The van der Waals surface area contributed by atoms with Gasteiger partial charge in [-0.05, 0) is 87.6 Å². The number of anilines is 2. The normalized spacial score (nSPS) is 17.0. The second-order valence-corrected chi connectivity index (χ2v) is 7.25. The zero-order valence-electron chi connectivity index (χ0n) is 15.9. The van der Waals surface area contributed by atoms with E-state index in [1.165, 1.54) is 24.9 Å². The highest BCUT2D eigenvalue weighted by atomic mass is 16.5. The summed E-state index contributed by atoms with van der Waals surface area (Å²) in [5, 5.41) is 2.90. The molecule has 0 bridgehead atoms. The Labute approximate surface area is 156 Å². The largest absolute Gasteiger partial charge is 0.484 e. The van der Waals surface area contributed by atoms with Crippen molar-refractivity contribution in [3.8, 4) is 5.75 Å².